The van der Waals surface area contributed by atoms with Crippen LogP contribution in [0.1, 0.15) is 13.7 Å². The van der Waals surface area contributed by atoms with E-state index in [2.05, 4.69) is 30.9 Å². The molecule has 0 fully saturated rings. The summed E-state index contributed by atoms with van der Waals surface area (Å²) in [4.78, 5) is 13.2. The molecule has 0 aliphatic heterocycles. The van der Waals surface area contributed by atoms with E-state index in [1.165, 1.54) is 0 Å². The summed E-state index contributed by atoms with van der Waals surface area (Å²) in [6, 6.07) is 13.4. The summed E-state index contributed by atoms with van der Waals surface area (Å²) in [5.74, 6) is -0.593. The van der Waals surface area contributed by atoms with E-state index in [4.69, 9.17) is 13.7 Å². The summed E-state index contributed by atoms with van der Waals surface area (Å²) in [5, 5.41) is 2.08. The molecule has 0 N–H and O–H groups in total. The van der Waals surface area contributed by atoms with Gasteiger partial charge < -0.3 is 0 Å². The van der Waals surface area contributed by atoms with Gasteiger partial charge in [-0.05, 0) is 28.0 Å². The maximum Gasteiger partial charge on any atom is 0.164 e. The molecule has 1 aromatic heterocycles. The number of hydrogen-bond donors (Lipinski definition) is 0. The van der Waals surface area contributed by atoms with Crippen molar-refractivity contribution in [2.24, 2.45) is 0 Å². The van der Waals surface area contributed by atoms with Crippen molar-refractivity contribution in [3.05, 3.63) is 126 Å². The average Bonchev–Trinajstić information content (AvgIpc) is 3.05. The van der Waals surface area contributed by atoms with Gasteiger partial charge in [0.1, 0.15) is 0 Å². The molecule has 0 aliphatic rings. The predicted molar refractivity (Wildman–Crippen MR) is 147 cm³/mol. The Bertz CT molecular complexity index is 2040. The van der Waals surface area contributed by atoms with Crippen molar-refractivity contribution in [2.75, 3.05) is 0 Å². The van der Waals surface area contributed by atoms with Gasteiger partial charge in [-0.2, -0.15) is 0 Å². The third-order valence-corrected chi connectivity index (χ3v) is 6.10. The largest absolute Gasteiger partial charge is 0.208 e. The van der Waals surface area contributed by atoms with Gasteiger partial charge in [-0.3, -0.25) is 0 Å². The minimum atomic E-state index is -0.594. The normalized spacial score (nSPS) is 15.0. The number of rotatable bonds is 4. The molecule has 0 aliphatic carbocycles. The molecule has 0 atom stereocenters. The Kier molecular flexibility index (Phi) is 3.45. The molecule has 0 amide bonds. The first kappa shape index (κ1) is 13.1. The Morgan fingerprint density at radius 3 is 1.54 bits per heavy atom. The fraction of sp³-hybridized carbons (Fsp3) is 0. The Hall–Kier alpha value is -4.15. The zero-order valence-corrected chi connectivity index (χ0v) is 19.6. The number of aromatic nitrogens is 3. The van der Waals surface area contributed by atoms with Crippen LogP contribution in [0.15, 0.2) is 126 Å². The summed E-state index contributed by atoms with van der Waals surface area (Å²) in [5.41, 5.74) is 1.72. The minimum absolute atomic E-state index is 0.0147. The van der Waals surface area contributed by atoms with Crippen molar-refractivity contribution in [2.45, 2.75) is 0 Å². The summed E-state index contributed by atoms with van der Waals surface area (Å²) >= 11 is 3.60. The van der Waals surface area contributed by atoms with Crippen LogP contribution in [0, 0.1) is 0 Å². The molecular formula is C31H20BrN3. The van der Waals surface area contributed by atoms with E-state index in [0.717, 1.165) is 26.4 Å². The highest BCUT2D eigenvalue weighted by Gasteiger charge is 2.13. The van der Waals surface area contributed by atoms with Crippen molar-refractivity contribution in [1.29, 1.82) is 0 Å². The number of hydrogen-bond acceptors (Lipinski definition) is 3. The van der Waals surface area contributed by atoms with Crippen molar-refractivity contribution in [3.8, 4) is 45.3 Å². The van der Waals surface area contributed by atoms with Crippen LogP contribution < -0.4 is 0 Å². The van der Waals surface area contributed by atoms with Crippen LogP contribution in [-0.2, 0) is 0 Å². The molecule has 0 saturated carbocycles. The average molecular weight is 524 g/mol. The molecule has 3 nitrogen and oxygen atoms in total. The third-order valence-electron chi connectivity index (χ3n) is 5.41. The van der Waals surface area contributed by atoms with E-state index in [1.807, 2.05) is 48.5 Å². The molecule has 166 valence electrons. The molecule has 6 rings (SSSR count). The van der Waals surface area contributed by atoms with Gasteiger partial charge in [0.15, 0.2) is 17.5 Å². The second-order valence-corrected chi connectivity index (χ2v) is 8.38. The molecular weight excluding hydrogens is 494 g/mol. The van der Waals surface area contributed by atoms with Crippen LogP contribution in [0.5, 0.6) is 0 Å². The van der Waals surface area contributed by atoms with Crippen LogP contribution in [0.25, 0.3) is 56.1 Å². The van der Waals surface area contributed by atoms with E-state index < -0.39 is 60.4 Å². The van der Waals surface area contributed by atoms with E-state index in [1.54, 1.807) is 12.1 Å². The van der Waals surface area contributed by atoms with Crippen LogP contribution >= 0.6 is 15.9 Å². The van der Waals surface area contributed by atoms with Crippen LogP contribution in [0.4, 0.5) is 0 Å². The van der Waals surface area contributed by atoms with Crippen molar-refractivity contribution in [1.82, 2.24) is 15.0 Å². The quantitative estimate of drug-likeness (QED) is 0.232. The van der Waals surface area contributed by atoms with E-state index in [-0.39, 0.29) is 28.6 Å². The second-order valence-electron chi connectivity index (χ2n) is 7.52. The fourth-order valence-corrected chi connectivity index (χ4v) is 4.24. The Labute approximate surface area is 226 Å². The summed E-state index contributed by atoms with van der Waals surface area (Å²) in [6.07, 6.45) is 0. The number of fused-ring (bicyclic) bond motifs is 1. The Morgan fingerprint density at radius 1 is 0.486 bits per heavy atom. The van der Waals surface area contributed by atoms with E-state index in [9.17, 15) is 0 Å². The predicted octanol–water partition coefficient (Wildman–Crippen LogP) is 8.46. The smallest absolute Gasteiger partial charge is 0.164 e. The molecule has 0 bridgehead atoms. The fourth-order valence-electron chi connectivity index (χ4n) is 3.77. The molecule has 0 radical (unpaired) electrons. The standard InChI is InChI=1S/C31H20BrN3/c32-28-20-19-25(26-13-7-8-14-27(26)28)21-15-17-24(18-16-21)31-34-29(22-9-3-1-4-10-22)33-30(35-31)23-11-5-2-6-12-23/h1-20H/i1D,2D,3D,4D,5D,6D,9D,10D,11D,12D. The zero-order chi connectivity index (χ0) is 32.3. The molecule has 0 saturated heterocycles. The molecule has 0 unspecified atom stereocenters. The third kappa shape index (κ3) is 4.25. The molecule has 6 aromatic rings. The van der Waals surface area contributed by atoms with Crippen molar-refractivity contribution in [3.63, 3.8) is 0 Å². The van der Waals surface area contributed by atoms with Gasteiger partial charge in [0.2, 0.25) is 0 Å². The van der Waals surface area contributed by atoms with Gasteiger partial charge in [0.05, 0.1) is 13.7 Å². The van der Waals surface area contributed by atoms with Gasteiger partial charge >= 0.3 is 0 Å². The van der Waals surface area contributed by atoms with Gasteiger partial charge in [0.25, 0.3) is 0 Å². The van der Waals surface area contributed by atoms with Crippen LogP contribution in [0.3, 0.4) is 0 Å². The van der Waals surface area contributed by atoms with Gasteiger partial charge in [-0.1, -0.05) is 131 Å². The van der Waals surface area contributed by atoms with Gasteiger partial charge in [-0.25, -0.2) is 15.0 Å². The van der Waals surface area contributed by atoms with Gasteiger partial charge in [-0.15, -0.1) is 0 Å². The number of benzene rings is 5. The van der Waals surface area contributed by atoms with Crippen LogP contribution in [-0.4, -0.2) is 15.0 Å². The highest BCUT2D eigenvalue weighted by molar-refractivity contribution is 9.10. The SMILES string of the molecule is [2H]c1c([2H])c([2H])c(-c2nc(-c3ccc(-c4ccc(Br)c5ccccc45)cc3)nc(-c3c([2H])c([2H])c([2H])c([2H])c3[2H])n2)c([2H])c1[2H]. The van der Waals surface area contributed by atoms with E-state index >= 15 is 0 Å². The maximum atomic E-state index is 8.47. The van der Waals surface area contributed by atoms with Crippen molar-refractivity contribution < 1.29 is 13.7 Å². The van der Waals surface area contributed by atoms with Crippen LogP contribution in [0.2, 0.25) is 0 Å². The lowest BCUT2D eigenvalue weighted by molar-refractivity contribution is 1.07. The first-order chi connectivity index (χ1) is 21.4. The number of nitrogens with zero attached hydrogens (tertiary/aromatic N) is 3. The van der Waals surface area contributed by atoms with Crippen molar-refractivity contribution >= 4 is 26.7 Å². The minimum Gasteiger partial charge on any atom is -0.208 e. The highest BCUT2D eigenvalue weighted by atomic mass is 79.9. The molecule has 35 heavy (non-hydrogen) atoms. The molecule has 4 heteroatoms. The maximum absolute atomic E-state index is 8.47. The Balaban J connectivity index is 1.59. The zero-order valence-electron chi connectivity index (χ0n) is 28.0. The number of halogens is 1. The summed E-state index contributed by atoms with van der Waals surface area (Å²) < 4.78 is 83.3. The second kappa shape index (κ2) is 9.24. The highest BCUT2D eigenvalue weighted by Crippen LogP contribution is 2.34. The molecule has 0 spiro atoms. The lowest BCUT2D eigenvalue weighted by Crippen LogP contribution is -2.00. The lowest BCUT2D eigenvalue weighted by Gasteiger charge is -2.11. The Morgan fingerprint density at radius 2 is 0.971 bits per heavy atom. The topological polar surface area (TPSA) is 38.7 Å². The lowest BCUT2D eigenvalue weighted by atomic mass is 9.97. The molecule has 5 aromatic carbocycles. The molecule has 1 heterocycles. The summed E-state index contributed by atoms with van der Waals surface area (Å²) in [7, 11) is 0. The first-order valence-corrected chi connectivity index (χ1v) is 11.4. The monoisotopic (exact) mass is 523 g/mol. The van der Waals surface area contributed by atoms with Gasteiger partial charge in [0, 0.05) is 21.2 Å². The van der Waals surface area contributed by atoms with E-state index in [0.29, 0.717) is 5.56 Å². The summed E-state index contributed by atoms with van der Waals surface area (Å²) in [6.45, 7) is 0. The first-order valence-electron chi connectivity index (χ1n) is 15.6.